The molecule has 2 N–H and O–H groups in total. The summed E-state index contributed by atoms with van der Waals surface area (Å²) in [6, 6.07) is 6.96. The summed E-state index contributed by atoms with van der Waals surface area (Å²) in [6.07, 6.45) is 5.31. The molecule has 2 saturated heterocycles. The molecule has 3 heteroatoms. The molecular formula is C18H23N3. The molecule has 0 radical (unpaired) electrons. The first kappa shape index (κ1) is 12.1. The molecule has 0 aliphatic carbocycles. The first-order chi connectivity index (χ1) is 10.4. The highest BCUT2D eigenvalue weighted by atomic mass is 15.2. The third kappa shape index (κ3) is 1.70. The fourth-order valence-electron chi connectivity index (χ4n) is 4.76. The number of nitrogens with one attached hydrogen (secondary N) is 2. The molecule has 4 aliphatic rings. The summed E-state index contributed by atoms with van der Waals surface area (Å²) >= 11 is 0. The Hall–Kier alpha value is -1.48. The number of benzene rings is 1. The van der Waals surface area contributed by atoms with Crippen LogP contribution in [0.1, 0.15) is 48.6 Å². The number of piperidine rings is 2. The number of rotatable bonds is 1. The number of fused-ring (bicyclic) bond motifs is 3. The molecule has 4 aliphatic heterocycles. The van der Waals surface area contributed by atoms with Crippen LogP contribution in [0.3, 0.4) is 0 Å². The standard InChI is InChI=1S/C18H23N3/c1-4-14(13-3-2-8-19-11-13)17-15(5-1)16-12-6-9-21(10-7-12)18(16)20-17/h1,4-5,12-13,19-20H,2-3,6-11H2. The molecule has 3 nitrogen and oxygen atoms in total. The van der Waals surface area contributed by atoms with Gasteiger partial charge in [0.1, 0.15) is 5.82 Å². The zero-order valence-corrected chi connectivity index (χ0v) is 12.5. The van der Waals surface area contributed by atoms with Crippen molar-refractivity contribution in [3.05, 3.63) is 29.3 Å². The van der Waals surface area contributed by atoms with Crippen molar-refractivity contribution in [3.8, 4) is 0 Å². The number of nitrogens with zero attached hydrogens (tertiary/aromatic N) is 1. The summed E-state index contributed by atoms with van der Waals surface area (Å²) in [5, 5.41) is 5.07. The molecule has 0 amide bonds. The number of aromatic nitrogens is 1. The molecule has 0 spiro atoms. The lowest BCUT2D eigenvalue weighted by Crippen LogP contribution is -2.38. The maximum absolute atomic E-state index is 3.81. The minimum Gasteiger partial charge on any atom is -0.358 e. The van der Waals surface area contributed by atoms with E-state index < -0.39 is 0 Å². The maximum atomic E-state index is 3.81. The van der Waals surface area contributed by atoms with Crippen LogP contribution in [0.4, 0.5) is 5.82 Å². The van der Waals surface area contributed by atoms with Crippen LogP contribution in [-0.4, -0.2) is 31.2 Å². The topological polar surface area (TPSA) is 31.1 Å². The van der Waals surface area contributed by atoms with Gasteiger partial charge in [-0.05, 0) is 49.6 Å². The average Bonchev–Trinajstić information content (AvgIpc) is 2.98. The molecule has 110 valence electrons. The van der Waals surface area contributed by atoms with E-state index in [-0.39, 0.29) is 0 Å². The van der Waals surface area contributed by atoms with Crippen molar-refractivity contribution in [3.63, 3.8) is 0 Å². The van der Waals surface area contributed by atoms with E-state index in [1.807, 2.05) is 0 Å². The van der Waals surface area contributed by atoms with Crippen molar-refractivity contribution in [2.75, 3.05) is 31.1 Å². The van der Waals surface area contributed by atoms with Crippen molar-refractivity contribution in [2.24, 2.45) is 0 Å². The fourth-order valence-corrected chi connectivity index (χ4v) is 4.76. The third-order valence-electron chi connectivity index (χ3n) is 5.84. The predicted molar refractivity (Wildman–Crippen MR) is 87.3 cm³/mol. The molecule has 21 heavy (non-hydrogen) atoms. The molecule has 6 rings (SSSR count). The number of hydrogen-bond donors (Lipinski definition) is 2. The van der Waals surface area contributed by atoms with E-state index in [4.69, 9.17) is 0 Å². The Balaban J connectivity index is 1.69. The van der Waals surface area contributed by atoms with E-state index in [9.17, 15) is 0 Å². The molecule has 1 unspecified atom stereocenters. The summed E-state index contributed by atoms with van der Waals surface area (Å²) in [5.74, 6) is 2.90. The molecule has 2 bridgehead atoms. The SMILES string of the molecule is c1cc(C2CCCNC2)c2[nH]c3c(c2c1)C1CCN3CC1. The Labute approximate surface area is 125 Å². The monoisotopic (exact) mass is 281 g/mol. The first-order valence-corrected chi connectivity index (χ1v) is 8.52. The summed E-state index contributed by atoms with van der Waals surface area (Å²) in [5.41, 5.74) is 4.58. The summed E-state index contributed by atoms with van der Waals surface area (Å²) < 4.78 is 0. The average molecular weight is 281 g/mol. The number of aromatic amines is 1. The van der Waals surface area contributed by atoms with E-state index in [0.29, 0.717) is 5.92 Å². The van der Waals surface area contributed by atoms with Gasteiger partial charge >= 0.3 is 0 Å². The lowest BCUT2D eigenvalue weighted by atomic mass is 9.83. The van der Waals surface area contributed by atoms with Gasteiger partial charge in [-0.2, -0.15) is 0 Å². The van der Waals surface area contributed by atoms with E-state index >= 15 is 0 Å². The second-order valence-electron chi connectivity index (χ2n) is 6.96. The van der Waals surface area contributed by atoms with Crippen LogP contribution >= 0.6 is 0 Å². The molecule has 2 fully saturated rings. The van der Waals surface area contributed by atoms with E-state index in [2.05, 4.69) is 33.4 Å². The van der Waals surface area contributed by atoms with Crippen LogP contribution in [0.5, 0.6) is 0 Å². The largest absolute Gasteiger partial charge is 0.358 e. The van der Waals surface area contributed by atoms with Crippen LogP contribution in [0.25, 0.3) is 10.9 Å². The lowest BCUT2D eigenvalue weighted by Gasteiger charge is -2.40. The molecule has 5 heterocycles. The van der Waals surface area contributed by atoms with Crippen molar-refractivity contribution < 1.29 is 0 Å². The third-order valence-corrected chi connectivity index (χ3v) is 5.84. The predicted octanol–water partition coefficient (Wildman–Crippen LogP) is 3.33. The summed E-state index contributed by atoms with van der Waals surface area (Å²) in [6.45, 7) is 4.80. The number of anilines is 1. The second kappa shape index (κ2) is 4.51. The quantitative estimate of drug-likeness (QED) is 0.840. The van der Waals surface area contributed by atoms with Crippen LogP contribution in [0.15, 0.2) is 18.2 Å². The van der Waals surface area contributed by atoms with Gasteiger partial charge in [-0.15, -0.1) is 0 Å². The van der Waals surface area contributed by atoms with Crippen LogP contribution in [-0.2, 0) is 0 Å². The fraction of sp³-hybridized carbons (Fsp3) is 0.556. The molecule has 1 aromatic heterocycles. The zero-order chi connectivity index (χ0) is 13.8. The van der Waals surface area contributed by atoms with Crippen molar-refractivity contribution in [2.45, 2.75) is 37.5 Å². The van der Waals surface area contributed by atoms with Crippen LogP contribution in [0, 0.1) is 0 Å². The molecule has 2 aromatic rings. The van der Waals surface area contributed by atoms with E-state index in [1.54, 1.807) is 5.56 Å². The van der Waals surface area contributed by atoms with Gasteiger partial charge in [0.25, 0.3) is 0 Å². The molecule has 1 atom stereocenters. The molecular weight excluding hydrogens is 258 g/mol. The van der Waals surface area contributed by atoms with Gasteiger partial charge in [-0.25, -0.2) is 0 Å². The smallest absolute Gasteiger partial charge is 0.110 e. The van der Waals surface area contributed by atoms with E-state index in [0.717, 1.165) is 12.5 Å². The van der Waals surface area contributed by atoms with Gasteiger partial charge < -0.3 is 15.2 Å². The van der Waals surface area contributed by atoms with Crippen molar-refractivity contribution in [1.82, 2.24) is 10.3 Å². The summed E-state index contributed by atoms with van der Waals surface area (Å²) in [4.78, 5) is 6.38. The number of H-pyrrole nitrogens is 1. The maximum Gasteiger partial charge on any atom is 0.110 e. The Kier molecular flexibility index (Phi) is 2.60. The highest BCUT2D eigenvalue weighted by Crippen LogP contribution is 2.47. The Morgan fingerprint density at radius 1 is 1.05 bits per heavy atom. The zero-order valence-electron chi connectivity index (χ0n) is 12.5. The number of para-hydroxylation sites is 1. The van der Waals surface area contributed by atoms with Crippen LogP contribution < -0.4 is 10.2 Å². The number of hydrogen-bond acceptors (Lipinski definition) is 2. The van der Waals surface area contributed by atoms with E-state index in [1.165, 1.54) is 67.6 Å². The van der Waals surface area contributed by atoms with Gasteiger partial charge in [-0.1, -0.05) is 18.2 Å². The van der Waals surface area contributed by atoms with Gasteiger partial charge in [0.2, 0.25) is 0 Å². The van der Waals surface area contributed by atoms with Gasteiger partial charge in [0, 0.05) is 30.6 Å². The molecule has 1 aromatic carbocycles. The Morgan fingerprint density at radius 3 is 2.76 bits per heavy atom. The Morgan fingerprint density at radius 2 is 1.95 bits per heavy atom. The van der Waals surface area contributed by atoms with Crippen LogP contribution in [0.2, 0.25) is 0 Å². The van der Waals surface area contributed by atoms with Gasteiger partial charge in [0.05, 0.1) is 5.52 Å². The second-order valence-corrected chi connectivity index (χ2v) is 6.96. The van der Waals surface area contributed by atoms with Gasteiger partial charge in [0.15, 0.2) is 0 Å². The minimum absolute atomic E-state index is 0.676. The highest BCUT2D eigenvalue weighted by molar-refractivity contribution is 5.93. The highest BCUT2D eigenvalue weighted by Gasteiger charge is 2.34. The lowest BCUT2D eigenvalue weighted by molar-refractivity contribution is 0.463. The summed E-state index contributed by atoms with van der Waals surface area (Å²) in [7, 11) is 0. The minimum atomic E-state index is 0.676. The first-order valence-electron chi connectivity index (χ1n) is 8.52. The molecule has 0 saturated carbocycles. The normalized spacial score (nSPS) is 25.5. The van der Waals surface area contributed by atoms with Gasteiger partial charge in [-0.3, -0.25) is 0 Å². The Bertz CT molecular complexity index is 673. The van der Waals surface area contributed by atoms with Crippen molar-refractivity contribution >= 4 is 16.7 Å². The van der Waals surface area contributed by atoms with Crippen molar-refractivity contribution in [1.29, 1.82) is 0 Å².